The molecule has 2 amide bonds. The van der Waals surface area contributed by atoms with Gasteiger partial charge in [-0.25, -0.2) is 8.42 Å². The van der Waals surface area contributed by atoms with Crippen LogP contribution in [0.3, 0.4) is 0 Å². The summed E-state index contributed by atoms with van der Waals surface area (Å²) in [4.78, 5) is 28.5. The second-order valence-electron chi connectivity index (χ2n) is 9.62. The highest BCUT2D eigenvalue weighted by atomic mass is 79.9. The Balaban J connectivity index is 1.92. The maximum atomic E-state index is 13.8. The van der Waals surface area contributed by atoms with Gasteiger partial charge in [-0.05, 0) is 62.1 Å². The van der Waals surface area contributed by atoms with Crippen molar-refractivity contribution in [2.24, 2.45) is 0 Å². The number of carbonyl (C=O) groups is 2. The fourth-order valence-electron chi connectivity index (χ4n) is 4.57. The molecular weight excluding hydrogens is 558 g/mol. The average molecular weight is 595 g/mol. The van der Waals surface area contributed by atoms with Crippen molar-refractivity contribution in [3.05, 3.63) is 58.1 Å². The van der Waals surface area contributed by atoms with Gasteiger partial charge in [0, 0.05) is 17.1 Å². The van der Waals surface area contributed by atoms with Gasteiger partial charge in [-0.1, -0.05) is 53.4 Å². The molecule has 1 fully saturated rings. The molecule has 37 heavy (non-hydrogen) atoms. The third-order valence-corrected chi connectivity index (χ3v) is 8.26. The Kier molecular flexibility index (Phi) is 10.0. The topological polar surface area (TPSA) is 96.0 Å². The molecule has 8 nitrogen and oxygen atoms in total. The van der Waals surface area contributed by atoms with E-state index < -0.39 is 28.5 Å². The molecule has 0 saturated heterocycles. The first kappa shape index (κ1) is 29.0. The number of ether oxygens (including phenoxy) is 1. The second kappa shape index (κ2) is 12.8. The third-order valence-electron chi connectivity index (χ3n) is 6.64. The van der Waals surface area contributed by atoms with Crippen molar-refractivity contribution < 1.29 is 22.7 Å². The number of benzene rings is 2. The number of nitrogens with zero attached hydrogens (tertiary/aromatic N) is 2. The molecule has 1 aliphatic carbocycles. The van der Waals surface area contributed by atoms with Crippen molar-refractivity contribution in [3.8, 4) is 5.75 Å². The number of carbonyl (C=O) groups excluding carboxylic acids is 2. The van der Waals surface area contributed by atoms with Gasteiger partial charge in [-0.2, -0.15) is 0 Å². The lowest BCUT2D eigenvalue weighted by atomic mass is 9.95. The largest absolute Gasteiger partial charge is 0.495 e. The first-order chi connectivity index (χ1) is 17.5. The summed E-state index contributed by atoms with van der Waals surface area (Å²) in [5.41, 5.74) is 1.92. The Morgan fingerprint density at radius 2 is 1.84 bits per heavy atom. The summed E-state index contributed by atoms with van der Waals surface area (Å²) in [6.07, 6.45) is 6.21. The number of amides is 2. The highest BCUT2D eigenvalue weighted by Crippen LogP contribution is 2.31. The van der Waals surface area contributed by atoms with Gasteiger partial charge < -0.3 is 15.0 Å². The van der Waals surface area contributed by atoms with E-state index in [0.717, 1.165) is 51.8 Å². The molecule has 10 heteroatoms. The minimum absolute atomic E-state index is 0.0931. The molecule has 3 rings (SSSR count). The number of hydrogen-bond acceptors (Lipinski definition) is 5. The van der Waals surface area contributed by atoms with Crippen molar-refractivity contribution in [1.82, 2.24) is 10.2 Å². The minimum Gasteiger partial charge on any atom is -0.495 e. The number of aryl methyl sites for hydroxylation is 1. The summed E-state index contributed by atoms with van der Waals surface area (Å²) >= 11 is 3.46. The van der Waals surface area contributed by atoms with E-state index in [9.17, 15) is 18.0 Å². The molecule has 0 bridgehead atoms. The zero-order valence-corrected chi connectivity index (χ0v) is 24.3. The van der Waals surface area contributed by atoms with Gasteiger partial charge in [0.1, 0.15) is 18.3 Å². The molecule has 1 N–H and O–H groups in total. The van der Waals surface area contributed by atoms with E-state index >= 15 is 0 Å². The lowest BCUT2D eigenvalue weighted by molar-refractivity contribution is -0.139. The van der Waals surface area contributed by atoms with Crippen LogP contribution in [-0.4, -0.2) is 57.1 Å². The normalized spacial score (nSPS) is 15.1. The Morgan fingerprint density at radius 3 is 2.46 bits per heavy atom. The Morgan fingerprint density at radius 1 is 1.14 bits per heavy atom. The van der Waals surface area contributed by atoms with Crippen LogP contribution in [0, 0.1) is 6.92 Å². The van der Waals surface area contributed by atoms with Gasteiger partial charge in [0.2, 0.25) is 21.8 Å². The zero-order valence-electron chi connectivity index (χ0n) is 21.9. The average Bonchev–Trinajstić information content (AvgIpc) is 2.85. The van der Waals surface area contributed by atoms with Crippen molar-refractivity contribution in [2.45, 2.75) is 64.6 Å². The number of anilines is 1. The van der Waals surface area contributed by atoms with E-state index in [-0.39, 0.29) is 24.2 Å². The molecule has 0 unspecified atom stereocenters. The summed E-state index contributed by atoms with van der Waals surface area (Å²) in [7, 11) is -2.39. The van der Waals surface area contributed by atoms with Crippen molar-refractivity contribution in [1.29, 1.82) is 0 Å². The van der Waals surface area contributed by atoms with Crippen LogP contribution in [0.1, 0.15) is 50.2 Å². The number of hydrogen-bond donors (Lipinski definition) is 1. The van der Waals surface area contributed by atoms with Crippen molar-refractivity contribution in [2.75, 3.05) is 24.2 Å². The molecule has 0 aliphatic heterocycles. The van der Waals surface area contributed by atoms with Crippen molar-refractivity contribution in [3.63, 3.8) is 0 Å². The zero-order chi connectivity index (χ0) is 27.2. The highest BCUT2D eigenvalue weighted by molar-refractivity contribution is 9.10. The standard InChI is InChI=1S/C27H36BrN3O5S/c1-19-13-14-25(36-3)24(15-19)31(37(4,34)35)18-26(32)30(17-21-9-8-10-22(28)16-21)20(2)27(33)29-23-11-6-5-7-12-23/h8-10,13-16,20,23H,5-7,11-12,17-18H2,1-4H3,(H,29,33)/t20-/m0/s1. The number of rotatable bonds is 10. The summed E-state index contributed by atoms with van der Waals surface area (Å²) in [5.74, 6) is -0.389. The van der Waals surface area contributed by atoms with Gasteiger partial charge in [0.25, 0.3) is 0 Å². The van der Waals surface area contributed by atoms with Crippen LogP contribution in [0.2, 0.25) is 0 Å². The van der Waals surface area contributed by atoms with E-state index in [0.29, 0.717) is 5.75 Å². The van der Waals surface area contributed by atoms with Crippen LogP contribution in [0.25, 0.3) is 0 Å². The third kappa shape index (κ3) is 7.95. The maximum absolute atomic E-state index is 13.8. The van der Waals surface area contributed by atoms with Crippen molar-refractivity contribution >= 4 is 43.5 Å². The van der Waals surface area contributed by atoms with Gasteiger partial charge >= 0.3 is 0 Å². The molecule has 2 aromatic carbocycles. The smallest absolute Gasteiger partial charge is 0.244 e. The van der Waals surface area contributed by atoms with Gasteiger partial charge in [0.15, 0.2) is 0 Å². The first-order valence-corrected chi connectivity index (χ1v) is 15.1. The molecule has 0 spiro atoms. The minimum atomic E-state index is -3.85. The van der Waals surface area contributed by atoms with E-state index in [1.54, 1.807) is 19.1 Å². The molecule has 0 aromatic heterocycles. The van der Waals surface area contributed by atoms with Gasteiger partial charge in [-0.3, -0.25) is 13.9 Å². The molecule has 0 heterocycles. The maximum Gasteiger partial charge on any atom is 0.244 e. The van der Waals surface area contributed by atoms with Crippen LogP contribution in [0.15, 0.2) is 46.9 Å². The number of nitrogens with one attached hydrogen (secondary N) is 1. The fraction of sp³-hybridized carbons (Fsp3) is 0.481. The van der Waals surface area contributed by atoms with Crippen LogP contribution in [-0.2, 0) is 26.2 Å². The molecule has 1 aliphatic rings. The fourth-order valence-corrected chi connectivity index (χ4v) is 5.86. The molecule has 1 atom stereocenters. The highest BCUT2D eigenvalue weighted by Gasteiger charge is 2.32. The van der Waals surface area contributed by atoms with Crippen LogP contribution < -0.4 is 14.4 Å². The van der Waals surface area contributed by atoms with Crippen LogP contribution in [0.4, 0.5) is 5.69 Å². The van der Waals surface area contributed by atoms with E-state index in [2.05, 4.69) is 21.2 Å². The molecule has 2 aromatic rings. The monoisotopic (exact) mass is 593 g/mol. The Hall–Kier alpha value is -2.59. The second-order valence-corrected chi connectivity index (χ2v) is 12.4. The lowest BCUT2D eigenvalue weighted by Gasteiger charge is -2.33. The summed E-state index contributed by atoms with van der Waals surface area (Å²) < 4.78 is 33.0. The molecule has 0 radical (unpaired) electrons. The molecular formula is C27H36BrN3O5S. The van der Waals surface area contributed by atoms with E-state index in [1.165, 1.54) is 18.4 Å². The Labute approximate surface area is 228 Å². The first-order valence-electron chi connectivity index (χ1n) is 12.5. The van der Waals surface area contributed by atoms with E-state index in [4.69, 9.17) is 4.74 Å². The van der Waals surface area contributed by atoms with Crippen LogP contribution >= 0.6 is 15.9 Å². The molecule has 202 valence electrons. The van der Waals surface area contributed by atoms with Gasteiger partial charge in [-0.15, -0.1) is 0 Å². The summed E-state index contributed by atoms with van der Waals surface area (Å²) in [6.45, 7) is 3.21. The van der Waals surface area contributed by atoms with Crippen LogP contribution in [0.5, 0.6) is 5.75 Å². The predicted octanol–water partition coefficient (Wildman–Crippen LogP) is 4.40. The number of halogens is 1. The number of sulfonamides is 1. The predicted molar refractivity (Wildman–Crippen MR) is 149 cm³/mol. The Bertz CT molecular complexity index is 1210. The summed E-state index contributed by atoms with van der Waals surface area (Å²) in [6, 6.07) is 11.9. The quantitative estimate of drug-likeness (QED) is 0.440. The lowest BCUT2D eigenvalue weighted by Crippen LogP contribution is -2.53. The SMILES string of the molecule is COc1ccc(C)cc1N(CC(=O)N(Cc1cccc(Br)c1)[C@@H](C)C(=O)NC1CCCCC1)S(C)(=O)=O. The molecule has 1 saturated carbocycles. The number of methoxy groups -OCH3 is 1. The van der Waals surface area contributed by atoms with Gasteiger partial charge in [0.05, 0.1) is 19.1 Å². The van der Waals surface area contributed by atoms with E-state index in [1.807, 2.05) is 37.3 Å². The summed E-state index contributed by atoms with van der Waals surface area (Å²) in [5, 5.41) is 3.10.